The zero-order valence-corrected chi connectivity index (χ0v) is 37.2. The fourth-order valence-electron chi connectivity index (χ4n) is 7.53. The number of carbonyl (C=O) groups excluding carboxylic acids is 3. The number of carbonyl (C=O) groups is 3. The Kier molecular flexibility index (Phi) is 15.1. The number of ether oxygens (including phenoxy) is 5. The van der Waals surface area contributed by atoms with Crippen LogP contribution in [0.2, 0.25) is 0 Å². The van der Waals surface area contributed by atoms with E-state index in [4.69, 9.17) is 23.7 Å². The summed E-state index contributed by atoms with van der Waals surface area (Å²) >= 11 is 0. The topological polar surface area (TPSA) is 177 Å². The van der Waals surface area contributed by atoms with Crippen LogP contribution < -0.4 is 40.8 Å². The van der Waals surface area contributed by atoms with E-state index in [-0.39, 0.29) is 23.0 Å². The van der Waals surface area contributed by atoms with Gasteiger partial charge in [0.1, 0.15) is 23.1 Å². The molecule has 16 nitrogen and oxygen atoms in total. The summed E-state index contributed by atoms with van der Waals surface area (Å²) in [5.41, 5.74) is 2.83. The largest absolute Gasteiger partial charge is 0.497 e. The molecule has 0 saturated carbocycles. The average molecular weight is 875 g/mol. The summed E-state index contributed by atoms with van der Waals surface area (Å²) in [7, 11) is 3.04. The van der Waals surface area contributed by atoms with Crippen molar-refractivity contribution in [2.45, 2.75) is 26.2 Å². The van der Waals surface area contributed by atoms with Crippen molar-refractivity contribution in [3.05, 3.63) is 102 Å². The van der Waals surface area contributed by atoms with Gasteiger partial charge in [0.2, 0.25) is 0 Å². The van der Waals surface area contributed by atoms with Crippen LogP contribution in [0.15, 0.2) is 85.1 Å². The van der Waals surface area contributed by atoms with Gasteiger partial charge in [0.25, 0.3) is 11.8 Å². The lowest BCUT2D eigenvalue weighted by atomic mass is 9.85. The van der Waals surface area contributed by atoms with Gasteiger partial charge in [0, 0.05) is 92.7 Å². The molecule has 4 aromatic carbocycles. The molecule has 3 heterocycles. The molecule has 64 heavy (non-hydrogen) atoms. The van der Waals surface area contributed by atoms with Gasteiger partial charge in [0.05, 0.1) is 57.6 Å². The molecule has 0 spiro atoms. The fourth-order valence-corrected chi connectivity index (χ4v) is 7.53. The standard InChI is InChI=1S/C48H58N8O8/c1-48(2,3)33-28-39(46(58)51-15-17-56-20-24-63-25-21-56)44(61-5)41(29-33)54-47(59)53-40-10-11-42(38-9-7-6-8-37(38)40)64-35-12-13-49-43(31-35)52-34-26-32(27-36(30-34)60-4)45(57)50-14-16-55-18-22-62-23-19-55/h6-13,26-31H,14-25H2,1-5H3,(H,49,52)(H,50,57)(H,51,58)(H2,53,54,59). The quantitative estimate of drug-likeness (QED) is 0.0698. The number of aromatic nitrogens is 1. The van der Waals surface area contributed by atoms with Gasteiger partial charge in [-0.2, -0.15) is 0 Å². The molecule has 5 aromatic rings. The second kappa shape index (κ2) is 21.3. The molecule has 2 aliphatic rings. The lowest BCUT2D eigenvalue weighted by Gasteiger charge is -2.26. The number of urea groups is 1. The van der Waals surface area contributed by atoms with Crippen LogP contribution in [0.25, 0.3) is 10.8 Å². The highest BCUT2D eigenvalue weighted by Crippen LogP contribution is 2.38. The number of rotatable bonds is 16. The van der Waals surface area contributed by atoms with Crippen molar-refractivity contribution in [3.8, 4) is 23.0 Å². The molecule has 0 bridgehead atoms. The Labute approximate surface area is 373 Å². The summed E-state index contributed by atoms with van der Waals surface area (Å²) in [4.78, 5) is 49.5. The minimum Gasteiger partial charge on any atom is -0.497 e. The number of methoxy groups -OCH3 is 2. The predicted octanol–water partition coefficient (Wildman–Crippen LogP) is 6.85. The minimum absolute atomic E-state index is 0.207. The third-order valence-electron chi connectivity index (χ3n) is 11.1. The highest BCUT2D eigenvalue weighted by molar-refractivity contribution is 6.09. The number of benzene rings is 4. The number of fused-ring (bicyclic) bond motifs is 1. The Balaban J connectivity index is 1.03. The molecule has 1 aromatic heterocycles. The molecule has 16 heteroatoms. The van der Waals surface area contributed by atoms with E-state index in [1.807, 2.05) is 57.2 Å². The lowest BCUT2D eigenvalue weighted by molar-refractivity contribution is 0.0382. The van der Waals surface area contributed by atoms with E-state index in [1.165, 1.54) is 7.11 Å². The highest BCUT2D eigenvalue weighted by atomic mass is 16.5. The molecule has 2 fully saturated rings. The van der Waals surface area contributed by atoms with E-state index in [0.29, 0.717) is 97.3 Å². The summed E-state index contributed by atoms with van der Waals surface area (Å²) in [6.07, 6.45) is 1.63. The first-order valence-corrected chi connectivity index (χ1v) is 21.6. The molecule has 2 aliphatic heterocycles. The maximum absolute atomic E-state index is 13.8. The second-order valence-corrected chi connectivity index (χ2v) is 16.6. The Bertz CT molecular complexity index is 2430. The van der Waals surface area contributed by atoms with Gasteiger partial charge in [-0.15, -0.1) is 0 Å². The molecule has 0 unspecified atom stereocenters. The van der Waals surface area contributed by atoms with Crippen LogP contribution in [0.4, 0.5) is 27.7 Å². The van der Waals surface area contributed by atoms with Crippen molar-refractivity contribution >= 4 is 51.5 Å². The van der Waals surface area contributed by atoms with Crippen molar-refractivity contribution in [2.24, 2.45) is 0 Å². The maximum Gasteiger partial charge on any atom is 0.323 e. The van der Waals surface area contributed by atoms with Crippen LogP contribution in [0.5, 0.6) is 23.0 Å². The fraction of sp³-hybridized carbons (Fsp3) is 0.375. The van der Waals surface area contributed by atoms with E-state index < -0.39 is 6.03 Å². The van der Waals surface area contributed by atoms with Gasteiger partial charge in [-0.1, -0.05) is 45.0 Å². The number of morpholine rings is 2. The SMILES string of the molecule is COc1cc(Nc2cc(Oc3ccc(NC(=O)Nc4cc(C(C)(C)C)cc(C(=O)NCCN5CCOCC5)c4OC)c4ccccc34)ccn2)cc(C(=O)NCCN2CCOCC2)c1. The summed E-state index contributed by atoms with van der Waals surface area (Å²) in [5, 5.41) is 16.8. The van der Waals surface area contributed by atoms with Gasteiger partial charge >= 0.3 is 6.03 Å². The van der Waals surface area contributed by atoms with Gasteiger partial charge in [-0.25, -0.2) is 9.78 Å². The third-order valence-corrected chi connectivity index (χ3v) is 11.1. The lowest BCUT2D eigenvalue weighted by Crippen LogP contribution is -2.41. The van der Waals surface area contributed by atoms with Crippen molar-refractivity contribution < 1.29 is 38.1 Å². The highest BCUT2D eigenvalue weighted by Gasteiger charge is 2.25. The van der Waals surface area contributed by atoms with Crippen molar-refractivity contribution in [1.82, 2.24) is 25.4 Å². The Morgan fingerprint density at radius 3 is 2.02 bits per heavy atom. The molecule has 0 aliphatic carbocycles. The van der Waals surface area contributed by atoms with Crippen molar-refractivity contribution in [2.75, 3.05) is 109 Å². The molecule has 2 saturated heterocycles. The summed E-state index contributed by atoms with van der Waals surface area (Å²) < 4.78 is 28.6. The Morgan fingerprint density at radius 2 is 1.36 bits per heavy atom. The zero-order valence-electron chi connectivity index (χ0n) is 37.2. The third kappa shape index (κ3) is 12.0. The number of hydrogen-bond acceptors (Lipinski definition) is 12. The van der Waals surface area contributed by atoms with Gasteiger partial charge < -0.3 is 50.3 Å². The van der Waals surface area contributed by atoms with E-state index in [1.54, 1.807) is 55.8 Å². The van der Waals surface area contributed by atoms with Crippen LogP contribution >= 0.6 is 0 Å². The number of amides is 4. The van der Waals surface area contributed by atoms with Crippen molar-refractivity contribution in [3.63, 3.8) is 0 Å². The first kappa shape index (κ1) is 45.6. The zero-order chi connectivity index (χ0) is 45.1. The van der Waals surface area contributed by atoms with Gasteiger partial charge in [0.15, 0.2) is 5.75 Å². The molecule has 5 N–H and O–H groups in total. The average Bonchev–Trinajstić information content (AvgIpc) is 3.30. The molecule has 338 valence electrons. The van der Waals surface area contributed by atoms with Crippen LogP contribution in [-0.4, -0.2) is 126 Å². The first-order chi connectivity index (χ1) is 31.0. The monoisotopic (exact) mass is 874 g/mol. The normalized spacial score (nSPS) is 14.6. The summed E-state index contributed by atoms with van der Waals surface area (Å²) in [6, 6.07) is 23.1. The maximum atomic E-state index is 13.8. The van der Waals surface area contributed by atoms with Gasteiger partial charge in [-0.3, -0.25) is 19.4 Å². The second-order valence-electron chi connectivity index (χ2n) is 16.6. The molecule has 0 atom stereocenters. The molecular weight excluding hydrogens is 817 g/mol. The Hall–Kier alpha value is -6.46. The van der Waals surface area contributed by atoms with Gasteiger partial charge in [-0.05, 0) is 53.4 Å². The molecule has 7 rings (SSSR count). The first-order valence-electron chi connectivity index (χ1n) is 21.6. The van der Waals surface area contributed by atoms with Crippen LogP contribution in [0.1, 0.15) is 47.1 Å². The summed E-state index contributed by atoms with van der Waals surface area (Å²) in [5.74, 6) is 1.84. The predicted molar refractivity (Wildman–Crippen MR) is 248 cm³/mol. The number of pyridine rings is 1. The van der Waals surface area contributed by atoms with Crippen LogP contribution in [0, 0.1) is 0 Å². The Morgan fingerprint density at radius 1 is 0.703 bits per heavy atom. The molecular formula is C48H58N8O8. The number of nitrogens with zero attached hydrogens (tertiary/aromatic N) is 3. The van der Waals surface area contributed by atoms with E-state index in [2.05, 4.69) is 41.4 Å². The van der Waals surface area contributed by atoms with E-state index in [0.717, 1.165) is 49.1 Å². The van der Waals surface area contributed by atoms with E-state index in [9.17, 15) is 14.4 Å². The summed E-state index contributed by atoms with van der Waals surface area (Å²) in [6.45, 7) is 14.7. The molecule has 4 amide bonds. The van der Waals surface area contributed by atoms with E-state index >= 15 is 0 Å². The minimum atomic E-state index is -0.516. The van der Waals surface area contributed by atoms with Crippen LogP contribution in [-0.2, 0) is 14.9 Å². The number of nitrogens with one attached hydrogen (secondary N) is 5. The van der Waals surface area contributed by atoms with Crippen molar-refractivity contribution in [1.29, 1.82) is 0 Å². The number of hydrogen-bond donors (Lipinski definition) is 5. The smallest absolute Gasteiger partial charge is 0.323 e. The number of anilines is 4. The van der Waals surface area contributed by atoms with Crippen LogP contribution in [0.3, 0.4) is 0 Å². The molecule has 0 radical (unpaired) electrons.